The van der Waals surface area contributed by atoms with Gasteiger partial charge in [-0.1, -0.05) is 40.9 Å². The fourth-order valence-corrected chi connectivity index (χ4v) is 5.09. The Morgan fingerprint density at radius 2 is 1.71 bits per heavy atom. The smallest absolute Gasteiger partial charge is 0.408 e. The Morgan fingerprint density at radius 3 is 2.21 bits per heavy atom. The molecule has 9 nitrogen and oxygen atoms in total. The van der Waals surface area contributed by atoms with E-state index >= 15 is 0 Å². The number of nitrogens with zero attached hydrogens (tertiary/aromatic N) is 2. The van der Waals surface area contributed by atoms with Gasteiger partial charge in [-0.3, -0.25) is 9.74 Å². The Hall–Kier alpha value is -2.66. The Labute approximate surface area is 201 Å². The first-order valence-corrected chi connectivity index (χ1v) is 12.5. The van der Waals surface area contributed by atoms with Crippen LogP contribution in [0.1, 0.15) is 40.2 Å². The van der Waals surface area contributed by atoms with Crippen molar-refractivity contribution in [2.45, 2.75) is 69.7 Å². The third-order valence-corrected chi connectivity index (χ3v) is 6.70. The van der Waals surface area contributed by atoms with Gasteiger partial charge in [0.1, 0.15) is 0 Å². The first kappa shape index (κ1) is 27.6. The van der Waals surface area contributed by atoms with Crippen LogP contribution in [0.3, 0.4) is 0 Å². The zero-order valence-electron chi connectivity index (χ0n) is 20.2. The number of benzene rings is 2. The molecular formula is C24H35N3O6S. The summed E-state index contributed by atoms with van der Waals surface area (Å²) >= 11 is 0. The highest BCUT2D eigenvalue weighted by Gasteiger charge is 2.40. The number of hydrogen-bond acceptors (Lipinski definition) is 6. The number of amides is 1. The van der Waals surface area contributed by atoms with E-state index in [-0.39, 0.29) is 17.0 Å². The Bertz CT molecular complexity index is 1050. The van der Waals surface area contributed by atoms with Gasteiger partial charge in [-0.2, -0.15) is 0 Å². The summed E-state index contributed by atoms with van der Waals surface area (Å²) in [5, 5.41) is 21.3. The molecule has 1 amide bonds. The number of aliphatic hydroxyl groups is 1. The standard InChI is InChI=1S/C24H35N3O6S/c1-17(2)33-26(34(31,32)20-13-9-12-19(25)15-20)16-22(28)21(14-18-10-7-6-8-11-18)27(23(29)30)24(3,4)5/h6-13,15,17,21-22,28H,14,16,25H2,1-5H3,(H,29,30)/t21-,22-/m0/s1. The van der Waals surface area contributed by atoms with Crippen LogP contribution in [-0.4, -0.2) is 64.4 Å². The summed E-state index contributed by atoms with van der Waals surface area (Å²) < 4.78 is 27.4. The number of hydrogen-bond donors (Lipinski definition) is 3. The molecule has 0 unspecified atom stereocenters. The summed E-state index contributed by atoms with van der Waals surface area (Å²) in [7, 11) is -4.20. The first-order chi connectivity index (χ1) is 15.7. The van der Waals surface area contributed by atoms with Crippen molar-refractivity contribution in [3.63, 3.8) is 0 Å². The first-order valence-electron chi connectivity index (χ1n) is 11.0. The summed E-state index contributed by atoms with van der Waals surface area (Å²) in [6, 6.07) is 13.9. The third-order valence-electron chi connectivity index (χ3n) is 5.08. The van der Waals surface area contributed by atoms with Crippen LogP contribution in [0.25, 0.3) is 0 Å². The van der Waals surface area contributed by atoms with Crippen molar-refractivity contribution in [1.82, 2.24) is 9.37 Å². The Kier molecular flexibility index (Phi) is 9.07. The minimum atomic E-state index is -4.20. The van der Waals surface area contributed by atoms with Crippen molar-refractivity contribution in [3.8, 4) is 0 Å². The lowest BCUT2D eigenvalue weighted by Gasteiger charge is -2.42. The van der Waals surface area contributed by atoms with Crippen molar-refractivity contribution in [3.05, 3.63) is 60.2 Å². The van der Waals surface area contributed by atoms with Gasteiger partial charge in [-0.25, -0.2) is 13.2 Å². The molecule has 2 aromatic carbocycles. The summed E-state index contributed by atoms with van der Waals surface area (Å²) in [6.45, 7) is 8.00. The molecule has 4 N–H and O–H groups in total. The molecular weight excluding hydrogens is 458 g/mol. The lowest BCUT2D eigenvalue weighted by Crippen LogP contribution is -2.58. The maximum Gasteiger partial charge on any atom is 0.408 e. The van der Waals surface area contributed by atoms with Crippen LogP contribution < -0.4 is 5.73 Å². The lowest BCUT2D eigenvalue weighted by atomic mass is 9.95. The van der Waals surface area contributed by atoms with Crippen LogP contribution in [0.15, 0.2) is 59.5 Å². The molecule has 0 aromatic heterocycles. The highest BCUT2D eigenvalue weighted by molar-refractivity contribution is 7.89. The number of sulfonamides is 1. The number of carboxylic acid groups (broad SMARTS) is 1. The molecule has 0 spiro atoms. The van der Waals surface area contributed by atoms with Crippen molar-refractivity contribution in [2.24, 2.45) is 0 Å². The molecule has 0 aliphatic rings. The summed E-state index contributed by atoms with van der Waals surface area (Å²) in [5.41, 5.74) is 5.97. The number of aliphatic hydroxyl groups excluding tert-OH is 1. The molecule has 0 radical (unpaired) electrons. The maximum atomic E-state index is 13.3. The van der Waals surface area contributed by atoms with Crippen LogP contribution in [0.2, 0.25) is 0 Å². The van der Waals surface area contributed by atoms with Gasteiger partial charge in [0.2, 0.25) is 0 Å². The van der Waals surface area contributed by atoms with E-state index in [9.17, 15) is 23.4 Å². The molecule has 0 saturated heterocycles. The second kappa shape index (κ2) is 11.2. The quantitative estimate of drug-likeness (QED) is 0.341. The number of nitrogen functional groups attached to an aromatic ring is 1. The molecule has 0 aliphatic heterocycles. The second-order valence-electron chi connectivity index (χ2n) is 9.36. The van der Waals surface area contributed by atoms with Crippen LogP contribution >= 0.6 is 0 Å². The second-order valence-corrected chi connectivity index (χ2v) is 11.2. The SMILES string of the molecule is CC(C)ON(C[C@H](O)[C@H](Cc1ccccc1)N(C(=O)O)C(C)(C)C)S(=O)(=O)c1cccc(N)c1. The van der Waals surface area contributed by atoms with Gasteiger partial charge in [-0.15, -0.1) is 0 Å². The highest BCUT2D eigenvalue weighted by atomic mass is 32.2. The highest BCUT2D eigenvalue weighted by Crippen LogP contribution is 2.26. The van der Waals surface area contributed by atoms with Crippen molar-refractivity contribution in [2.75, 3.05) is 12.3 Å². The lowest BCUT2D eigenvalue weighted by molar-refractivity contribution is -0.141. The Balaban J connectivity index is 2.47. The van der Waals surface area contributed by atoms with E-state index in [1.54, 1.807) is 40.7 Å². The van der Waals surface area contributed by atoms with Crippen molar-refractivity contribution in [1.29, 1.82) is 0 Å². The molecule has 0 fully saturated rings. The van der Waals surface area contributed by atoms with E-state index in [0.29, 0.717) is 0 Å². The molecule has 0 heterocycles. The van der Waals surface area contributed by atoms with Gasteiger partial charge in [0.25, 0.3) is 10.0 Å². The average molecular weight is 494 g/mol. The van der Waals surface area contributed by atoms with E-state index in [0.717, 1.165) is 14.9 Å². The topological polar surface area (TPSA) is 133 Å². The predicted molar refractivity (Wildman–Crippen MR) is 131 cm³/mol. The molecule has 2 rings (SSSR count). The fourth-order valence-electron chi connectivity index (χ4n) is 3.68. The summed E-state index contributed by atoms with van der Waals surface area (Å²) in [6.07, 6.45) is -2.96. The monoisotopic (exact) mass is 493 g/mol. The van der Waals surface area contributed by atoms with Crippen LogP contribution in [-0.2, 0) is 21.3 Å². The summed E-state index contributed by atoms with van der Waals surface area (Å²) in [4.78, 5) is 18.9. The van der Waals surface area contributed by atoms with Gasteiger partial charge < -0.3 is 15.9 Å². The fraction of sp³-hybridized carbons (Fsp3) is 0.458. The third kappa shape index (κ3) is 7.17. The average Bonchev–Trinajstić information content (AvgIpc) is 2.72. The number of nitrogens with two attached hydrogens (primary N) is 1. The molecule has 0 aliphatic carbocycles. The molecule has 10 heteroatoms. The van der Waals surface area contributed by atoms with Crippen LogP contribution in [0, 0.1) is 0 Å². The zero-order chi connectivity index (χ0) is 25.7. The Morgan fingerprint density at radius 1 is 1.09 bits per heavy atom. The maximum absolute atomic E-state index is 13.3. The number of hydroxylamine groups is 1. The number of carbonyl (C=O) groups is 1. The normalized spacial score (nSPS) is 14.2. The number of rotatable bonds is 10. The van der Waals surface area contributed by atoms with Gasteiger partial charge in [-0.05, 0) is 64.8 Å². The van der Waals surface area contributed by atoms with Gasteiger partial charge in [0.15, 0.2) is 0 Å². The number of anilines is 1. The molecule has 0 bridgehead atoms. The van der Waals surface area contributed by atoms with Crippen LogP contribution in [0.5, 0.6) is 0 Å². The molecule has 2 atom stereocenters. The predicted octanol–water partition coefficient (Wildman–Crippen LogP) is 3.35. The molecule has 0 saturated carbocycles. The van der Waals surface area contributed by atoms with E-state index in [1.165, 1.54) is 18.2 Å². The summed E-state index contributed by atoms with van der Waals surface area (Å²) in [5.74, 6) is 0. The molecule has 2 aromatic rings. The molecule has 188 valence electrons. The van der Waals surface area contributed by atoms with Gasteiger partial charge in [0, 0.05) is 11.2 Å². The van der Waals surface area contributed by atoms with E-state index in [4.69, 9.17) is 10.6 Å². The van der Waals surface area contributed by atoms with E-state index < -0.39 is 46.4 Å². The van der Waals surface area contributed by atoms with Gasteiger partial charge in [0.05, 0.1) is 29.7 Å². The van der Waals surface area contributed by atoms with E-state index in [2.05, 4.69) is 0 Å². The largest absolute Gasteiger partial charge is 0.465 e. The molecule has 34 heavy (non-hydrogen) atoms. The van der Waals surface area contributed by atoms with E-state index in [1.807, 2.05) is 30.3 Å². The van der Waals surface area contributed by atoms with Gasteiger partial charge >= 0.3 is 6.09 Å². The minimum absolute atomic E-state index is 0.0918. The van der Waals surface area contributed by atoms with Crippen molar-refractivity contribution < 1.29 is 28.3 Å². The minimum Gasteiger partial charge on any atom is -0.465 e. The van der Waals surface area contributed by atoms with Crippen molar-refractivity contribution >= 4 is 21.8 Å². The zero-order valence-corrected chi connectivity index (χ0v) is 21.1. The van der Waals surface area contributed by atoms with Crippen LogP contribution in [0.4, 0.5) is 10.5 Å².